The molecule has 0 saturated heterocycles. The number of benzene rings is 3. The number of ether oxygens (including phenoxy) is 1. The van der Waals surface area contributed by atoms with E-state index in [2.05, 4.69) is 17.4 Å². The Morgan fingerprint density at radius 1 is 0.964 bits per heavy atom. The highest BCUT2D eigenvalue weighted by atomic mass is 16.6. The summed E-state index contributed by atoms with van der Waals surface area (Å²) in [5.41, 5.74) is 1.99. The monoisotopic (exact) mass is 376 g/mol. The van der Waals surface area contributed by atoms with Crippen LogP contribution in [0, 0.1) is 10.1 Å². The fourth-order valence-electron chi connectivity index (χ4n) is 2.71. The Morgan fingerprint density at radius 3 is 2.43 bits per heavy atom. The van der Waals surface area contributed by atoms with Crippen LogP contribution in [0.5, 0.6) is 5.75 Å². The van der Waals surface area contributed by atoms with Crippen LogP contribution in [0.25, 0.3) is 0 Å². The lowest BCUT2D eigenvalue weighted by atomic mass is 10.1. The summed E-state index contributed by atoms with van der Waals surface area (Å²) in [6.45, 7) is 0.605. The maximum atomic E-state index is 12.3. The molecule has 0 heterocycles. The number of rotatable bonds is 8. The van der Waals surface area contributed by atoms with Crippen LogP contribution in [0.2, 0.25) is 0 Å². The largest absolute Gasteiger partial charge is 0.494 e. The third kappa shape index (κ3) is 5.41. The second-order valence-electron chi connectivity index (χ2n) is 6.22. The topological polar surface area (TPSA) is 81.5 Å². The SMILES string of the molecule is O=C(Nc1ccc(OCCCc2ccccc2)cc1)c1cccc([N+](=O)[O-])c1. The number of hydrogen-bond donors (Lipinski definition) is 1. The Bertz CT molecular complexity index is 940. The summed E-state index contributed by atoms with van der Waals surface area (Å²) < 4.78 is 5.73. The van der Waals surface area contributed by atoms with Gasteiger partial charge in [-0.1, -0.05) is 36.4 Å². The molecule has 6 heteroatoms. The third-order valence-electron chi connectivity index (χ3n) is 4.15. The smallest absolute Gasteiger partial charge is 0.270 e. The molecule has 0 spiro atoms. The minimum atomic E-state index is -0.527. The van der Waals surface area contributed by atoms with Crippen molar-refractivity contribution >= 4 is 17.3 Å². The molecule has 0 unspecified atom stereocenters. The van der Waals surface area contributed by atoms with Crippen molar-refractivity contribution in [1.29, 1.82) is 0 Å². The quantitative estimate of drug-likeness (QED) is 0.346. The van der Waals surface area contributed by atoms with E-state index in [4.69, 9.17) is 4.74 Å². The van der Waals surface area contributed by atoms with E-state index in [0.29, 0.717) is 12.3 Å². The standard InChI is InChI=1S/C22H20N2O4/c25-22(18-9-4-10-20(16-18)24(26)27)23-19-11-13-21(14-12-19)28-15-5-8-17-6-2-1-3-7-17/h1-4,6-7,9-14,16H,5,8,15H2,(H,23,25). The number of anilines is 1. The molecule has 0 fully saturated rings. The van der Waals surface area contributed by atoms with Crippen molar-refractivity contribution in [3.63, 3.8) is 0 Å². The number of nitrogens with zero attached hydrogens (tertiary/aromatic N) is 1. The number of nitro benzene ring substituents is 1. The molecule has 0 aromatic heterocycles. The van der Waals surface area contributed by atoms with E-state index < -0.39 is 10.8 Å². The van der Waals surface area contributed by atoms with Gasteiger partial charge in [-0.2, -0.15) is 0 Å². The molecule has 1 amide bonds. The summed E-state index contributed by atoms with van der Waals surface area (Å²) in [6, 6.07) is 22.9. The molecule has 3 rings (SSSR count). The first kappa shape index (κ1) is 19.1. The molecule has 0 atom stereocenters. The van der Waals surface area contributed by atoms with Gasteiger partial charge in [-0.25, -0.2) is 0 Å². The summed E-state index contributed by atoms with van der Waals surface area (Å²) in [7, 11) is 0. The first-order chi connectivity index (χ1) is 13.6. The van der Waals surface area contributed by atoms with Crippen molar-refractivity contribution in [3.05, 3.63) is 100 Å². The zero-order valence-electron chi connectivity index (χ0n) is 15.2. The van der Waals surface area contributed by atoms with Crippen LogP contribution in [0.3, 0.4) is 0 Å². The van der Waals surface area contributed by atoms with Crippen LogP contribution in [-0.4, -0.2) is 17.4 Å². The van der Waals surface area contributed by atoms with Crippen molar-refractivity contribution < 1.29 is 14.5 Å². The van der Waals surface area contributed by atoms with Gasteiger partial charge in [-0.05, 0) is 48.7 Å². The normalized spacial score (nSPS) is 10.3. The molecule has 0 bridgehead atoms. The van der Waals surface area contributed by atoms with E-state index in [1.807, 2.05) is 18.2 Å². The number of carbonyl (C=O) groups excluding carboxylic acids is 1. The number of aryl methyl sites for hydroxylation is 1. The molecule has 0 aliphatic carbocycles. The van der Waals surface area contributed by atoms with E-state index in [1.165, 1.54) is 29.8 Å². The van der Waals surface area contributed by atoms with Gasteiger partial charge in [-0.15, -0.1) is 0 Å². The van der Waals surface area contributed by atoms with Gasteiger partial charge in [0.25, 0.3) is 11.6 Å². The first-order valence-electron chi connectivity index (χ1n) is 8.94. The highest BCUT2D eigenvalue weighted by molar-refractivity contribution is 6.04. The predicted molar refractivity (Wildman–Crippen MR) is 108 cm³/mol. The zero-order valence-corrected chi connectivity index (χ0v) is 15.2. The molecule has 3 aromatic rings. The fraction of sp³-hybridized carbons (Fsp3) is 0.136. The molecule has 142 valence electrons. The molecule has 0 saturated carbocycles. The number of carbonyl (C=O) groups is 1. The minimum Gasteiger partial charge on any atom is -0.494 e. The molecule has 28 heavy (non-hydrogen) atoms. The Labute approximate surface area is 162 Å². The van der Waals surface area contributed by atoms with E-state index in [1.54, 1.807) is 24.3 Å². The van der Waals surface area contributed by atoms with Crippen LogP contribution in [0.15, 0.2) is 78.9 Å². The van der Waals surface area contributed by atoms with Crippen LogP contribution in [0.1, 0.15) is 22.3 Å². The van der Waals surface area contributed by atoms with Gasteiger partial charge >= 0.3 is 0 Å². The number of hydrogen-bond acceptors (Lipinski definition) is 4. The summed E-state index contributed by atoms with van der Waals surface area (Å²) in [5.74, 6) is 0.321. The Balaban J connectivity index is 1.49. The molecular weight excluding hydrogens is 356 g/mol. The number of nitrogens with one attached hydrogen (secondary N) is 1. The van der Waals surface area contributed by atoms with Gasteiger partial charge in [0.2, 0.25) is 0 Å². The van der Waals surface area contributed by atoms with Crippen LogP contribution < -0.4 is 10.1 Å². The Morgan fingerprint density at radius 2 is 1.71 bits per heavy atom. The van der Waals surface area contributed by atoms with E-state index in [9.17, 15) is 14.9 Å². The zero-order chi connectivity index (χ0) is 19.8. The molecular formula is C22H20N2O4. The fourth-order valence-corrected chi connectivity index (χ4v) is 2.71. The molecule has 0 aliphatic heterocycles. The summed E-state index contributed by atoms with van der Waals surface area (Å²) >= 11 is 0. The summed E-state index contributed by atoms with van der Waals surface area (Å²) in [6.07, 6.45) is 1.87. The average molecular weight is 376 g/mol. The second-order valence-corrected chi connectivity index (χ2v) is 6.22. The molecule has 3 aromatic carbocycles. The van der Waals surface area contributed by atoms with Crippen LogP contribution >= 0.6 is 0 Å². The summed E-state index contributed by atoms with van der Waals surface area (Å²) in [4.78, 5) is 22.5. The van der Waals surface area contributed by atoms with Gasteiger partial charge in [0.1, 0.15) is 5.75 Å². The van der Waals surface area contributed by atoms with Crippen molar-refractivity contribution in [2.24, 2.45) is 0 Å². The van der Waals surface area contributed by atoms with Gasteiger partial charge < -0.3 is 10.1 Å². The maximum Gasteiger partial charge on any atom is 0.270 e. The van der Waals surface area contributed by atoms with E-state index in [-0.39, 0.29) is 11.3 Å². The van der Waals surface area contributed by atoms with Crippen molar-refractivity contribution in [1.82, 2.24) is 0 Å². The lowest BCUT2D eigenvalue weighted by Crippen LogP contribution is -2.12. The number of amides is 1. The second kappa shape index (κ2) is 9.32. The van der Waals surface area contributed by atoms with Crippen molar-refractivity contribution in [3.8, 4) is 5.75 Å². The number of nitro groups is 1. The van der Waals surface area contributed by atoms with Crippen LogP contribution in [0.4, 0.5) is 11.4 Å². The molecule has 6 nitrogen and oxygen atoms in total. The highest BCUT2D eigenvalue weighted by Crippen LogP contribution is 2.18. The third-order valence-corrected chi connectivity index (χ3v) is 4.15. The van der Waals surface area contributed by atoms with Gasteiger partial charge in [-0.3, -0.25) is 14.9 Å². The van der Waals surface area contributed by atoms with Gasteiger partial charge in [0.05, 0.1) is 11.5 Å². The number of non-ortho nitro benzene ring substituents is 1. The Hall–Kier alpha value is -3.67. The van der Waals surface area contributed by atoms with Crippen LogP contribution in [-0.2, 0) is 6.42 Å². The van der Waals surface area contributed by atoms with Gasteiger partial charge in [0.15, 0.2) is 0 Å². The lowest BCUT2D eigenvalue weighted by molar-refractivity contribution is -0.384. The average Bonchev–Trinajstić information content (AvgIpc) is 2.73. The predicted octanol–water partition coefficient (Wildman–Crippen LogP) is 4.86. The molecule has 1 N–H and O–H groups in total. The molecule has 0 radical (unpaired) electrons. The Kier molecular flexibility index (Phi) is 6.36. The molecule has 0 aliphatic rings. The van der Waals surface area contributed by atoms with E-state index >= 15 is 0 Å². The summed E-state index contributed by atoms with van der Waals surface area (Å²) in [5, 5.41) is 13.5. The van der Waals surface area contributed by atoms with Gasteiger partial charge in [0, 0.05) is 23.4 Å². The first-order valence-corrected chi connectivity index (χ1v) is 8.94. The highest BCUT2D eigenvalue weighted by Gasteiger charge is 2.11. The lowest BCUT2D eigenvalue weighted by Gasteiger charge is -2.09. The van der Waals surface area contributed by atoms with E-state index in [0.717, 1.165) is 18.6 Å². The maximum absolute atomic E-state index is 12.3. The minimum absolute atomic E-state index is 0.119. The van der Waals surface area contributed by atoms with Crippen molar-refractivity contribution in [2.45, 2.75) is 12.8 Å². The van der Waals surface area contributed by atoms with Crippen molar-refractivity contribution in [2.75, 3.05) is 11.9 Å².